The number of aromatic nitrogens is 2. The van der Waals surface area contributed by atoms with Crippen LogP contribution in [0.4, 0.5) is 5.69 Å². The van der Waals surface area contributed by atoms with Crippen molar-refractivity contribution in [3.63, 3.8) is 0 Å². The van der Waals surface area contributed by atoms with Crippen molar-refractivity contribution in [1.29, 1.82) is 0 Å². The summed E-state index contributed by atoms with van der Waals surface area (Å²) in [6.07, 6.45) is 3.46. The van der Waals surface area contributed by atoms with E-state index < -0.39 is 6.04 Å². The number of carbonyl (C=O) groups excluding carboxylic acids is 2. The molecule has 7 heteroatoms. The highest BCUT2D eigenvalue weighted by atomic mass is 16.7. The molecule has 0 spiro atoms. The first-order chi connectivity index (χ1) is 13.2. The lowest BCUT2D eigenvalue weighted by molar-refractivity contribution is -0.127. The molecule has 1 aromatic heterocycles. The predicted molar refractivity (Wildman–Crippen MR) is 99.5 cm³/mol. The van der Waals surface area contributed by atoms with Crippen molar-refractivity contribution in [3.05, 3.63) is 78.4 Å². The van der Waals surface area contributed by atoms with Crippen LogP contribution in [0.3, 0.4) is 0 Å². The fraction of sp³-hybridized carbons (Fsp3) is 0.150. The monoisotopic (exact) mass is 362 g/mol. The number of rotatable bonds is 4. The third-order valence-corrected chi connectivity index (χ3v) is 4.53. The largest absolute Gasteiger partial charge is 0.338 e. The van der Waals surface area contributed by atoms with Gasteiger partial charge in [0.1, 0.15) is 11.7 Å². The maximum Gasteiger partial charge on any atom is 0.273 e. The minimum atomic E-state index is -0.716. The van der Waals surface area contributed by atoms with E-state index in [2.05, 4.69) is 10.3 Å². The van der Waals surface area contributed by atoms with E-state index in [9.17, 15) is 9.59 Å². The van der Waals surface area contributed by atoms with E-state index >= 15 is 0 Å². The van der Waals surface area contributed by atoms with Gasteiger partial charge in [-0.15, -0.1) is 0 Å². The fourth-order valence-corrected chi connectivity index (χ4v) is 3.24. The summed E-state index contributed by atoms with van der Waals surface area (Å²) in [5.74, 6) is -0.680. The van der Waals surface area contributed by atoms with E-state index in [1.807, 2.05) is 54.6 Å². The fourth-order valence-electron chi connectivity index (χ4n) is 3.24. The molecular formula is C20H18N4O3. The number of nitrogens with zero attached hydrogens (tertiary/aromatic N) is 3. The lowest BCUT2D eigenvalue weighted by Gasteiger charge is -2.32. The number of para-hydroxylation sites is 2. The second-order valence-electron chi connectivity index (χ2n) is 6.16. The number of nitrogens with one attached hydrogen (secondary N) is 1. The molecule has 1 atom stereocenters. The number of amides is 2. The molecule has 27 heavy (non-hydrogen) atoms. The molecule has 0 saturated heterocycles. The van der Waals surface area contributed by atoms with Gasteiger partial charge in [0.2, 0.25) is 0 Å². The molecule has 7 nitrogen and oxygen atoms in total. The maximum atomic E-state index is 12.8. The van der Waals surface area contributed by atoms with Gasteiger partial charge in [0.15, 0.2) is 0 Å². The van der Waals surface area contributed by atoms with Crippen LogP contribution in [0, 0.1) is 0 Å². The number of hydrogen-bond acceptors (Lipinski definition) is 4. The first kappa shape index (κ1) is 17.0. The molecular weight excluding hydrogens is 344 g/mol. The van der Waals surface area contributed by atoms with E-state index in [0.29, 0.717) is 17.8 Å². The number of imidazole rings is 1. The van der Waals surface area contributed by atoms with E-state index in [1.54, 1.807) is 10.9 Å². The van der Waals surface area contributed by atoms with Gasteiger partial charge in [0.05, 0.1) is 25.3 Å². The number of benzene rings is 2. The van der Waals surface area contributed by atoms with Crippen molar-refractivity contribution >= 4 is 17.5 Å². The Hall–Kier alpha value is -3.45. The van der Waals surface area contributed by atoms with Crippen LogP contribution in [-0.2, 0) is 16.1 Å². The van der Waals surface area contributed by atoms with Crippen molar-refractivity contribution in [2.75, 3.05) is 12.2 Å². The average molecular weight is 362 g/mol. The van der Waals surface area contributed by atoms with Gasteiger partial charge >= 0.3 is 0 Å². The quantitative estimate of drug-likeness (QED) is 0.771. The lowest BCUT2D eigenvalue weighted by atomic mass is 9.98. The Kier molecular flexibility index (Phi) is 4.43. The van der Waals surface area contributed by atoms with Gasteiger partial charge in [-0.2, -0.15) is 5.06 Å². The summed E-state index contributed by atoms with van der Waals surface area (Å²) >= 11 is 0. The zero-order chi connectivity index (χ0) is 18.8. The summed E-state index contributed by atoms with van der Waals surface area (Å²) in [5, 5.41) is 4.04. The van der Waals surface area contributed by atoms with E-state index in [0.717, 1.165) is 11.3 Å². The number of hydroxylamine groups is 1. The minimum Gasteiger partial charge on any atom is -0.338 e. The normalized spacial score (nSPS) is 16.1. The number of hydrogen-bond donors (Lipinski definition) is 1. The van der Waals surface area contributed by atoms with E-state index in [-0.39, 0.29) is 11.8 Å². The molecule has 0 saturated carbocycles. The minimum absolute atomic E-state index is 0.310. The van der Waals surface area contributed by atoms with Crippen LogP contribution >= 0.6 is 0 Å². The van der Waals surface area contributed by atoms with Crippen molar-refractivity contribution in [2.24, 2.45) is 0 Å². The Morgan fingerprint density at radius 1 is 1.15 bits per heavy atom. The Morgan fingerprint density at radius 2 is 1.89 bits per heavy atom. The van der Waals surface area contributed by atoms with Crippen molar-refractivity contribution < 1.29 is 14.4 Å². The predicted octanol–water partition coefficient (Wildman–Crippen LogP) is 2.12. The first-order valence-electron chi connectivity index (χ1n) is 8.53. The van der Waals surface area contributed by atoms with Gasteiger partial charge in [-0.3, -0.25) is 19.0 Å². The highest BCUT2D eigenvalue weighted by molar-refractivity contribution is 6.03. The molecule has 2 heterocycles. The standard InChI is InChI=1S/C20H18N4O3/c1-27-24-17-10-6-5-7-14(17)11-16(20(24)26)22-19(25)18-12-21-13-23(18)15-8-3-2-4-9-15/h2-10,12-13,16H,11H2,1H3,(H,22,25)/t16-/m0/s1. The third-order valence-electron chi connectivity index (χ3n) is 4.53. The molecule has 0 fully saturated rings. The van der Waals surface area contributed by atoms with Crippen molar-refractivity contribution in [1.82, 2.24) is 14.9 Å². The third kappa shape index (κ3) is 3.09. The van der Waals surface area contributed by atoms with Crippen LogP contribution < -0.4 is 10.4 Å². The number of anilines is 1. The van der Waals surface area contributed by atoms with Crippen LogP contribution in [-0.4, -0.2) is 34.5 Å². The molecule has 0 aliphatic carbocycles. The smallest absolute Gasteiger partial charge is 0.273 e. The molecule has 0 bridgehead atoms. The Balaban J connectivity index is 1.60. The SMILES string of the molecule is CON1C(=O)[C@@H](NC(=O)c2cncn2-c2ccccc2)Cc2ccccc21. The Bertz CT molecular complexity index is 984. The average Bonchev–Trinajstić information content (AvgIpc) is 3.19. The highest BCUT2D eigenvalue weighted by Gasteiger charge is 2.34. The summed E-state index contributed by atoms with van der Waals surface area (Å²) in [4.78, 5) is 34.9. The van der Waals surface area contributed by atoms with Crippen LogP contribution in [0.25, 0.3) is 5.69 Å². The Morgan fingerprint density at radius 3 is 2.67 bits per heavy atom. The molecule has 1 N–H and O–H groups in total. The summed E-state index contributed by atoms with van der Waals surface area (Å²) in [7, 11) is 1.43. The van der Waals surface area contributed by atoms with Crippen LogP contribution in [0.1, 0.15) is 16.1 Å². The molecule has 4 rings (SSSR count). The molecule has 1 aliphatic heterocycles. The van der Waals surface area contributed by atoms with Crippen molar-refractivity contribution in [2.45, 2.75) is 12.5 Å². The zero-order valence-corrected chi connectivity index (χ0v) is 14.7. The summed E-state index contributed by atoms with van der Waals surface area (Å²) in [5.41, 5.74) is 2.81. The van der Waals surface area contributed by atoms with E-state index in [1.165, 1.54) is 18.4 Å². The molecule has 0 radical (unpaired) electrons. The summed E-state index contributed by atoms with van der Waals surface area (Å²) in [6, 6.07) is 16.2. The number of fused-ring (bicyclic) bond motifs is 1. The number of carbonyl (C=O) groups is 2. The van der Waals surface area contributed by atoms with Crippen LogP contribution in [0.2, 0.25) is 0 Å². The summed E-state index contributed by atoms with van der Waals surface area (Å²) < 4.78 is 1.69. The van der Waals surface area contributed by atoms with Crippen molar-refractivity contribution in [3.8, 4) is 5.69 Å². The zero-order valence-electron chi connectivity index (χ0n) is 14.7. The first-order valence-corrected chi connectivity index (χ1v) is 8.53. The highest BCUT2D eigenvalue weighted by Crippen LogP contribution is 2.27. The Labute approximate surface area is 156 Å². The van der Waals surface area contributed by atoms with Gasteiger partial charge in [-0.25, -0.2) is 4.98 Å². The van der Waals surface area contributed by atoms with Gasteiger partial charge in [-0.1, -0.05) is 36.4 Å². The van der Waals surface area contributed by atoms with Crippen LogP contribution in [0.5, 0.6) is 0 Å². The molecule has 2 aromatic carbocycles. The summed E-state index contributed by atoms with van der Waals surface area (Å²) in [6.45, 7) is 0. The van der Waals surface area contributed by atoms with Gasteiger partial charge in [-0.05, 0) is 23.8 Å². The molecule has 136 valence electrons. The second-order valence-corrected chi connectivity index (χ2v) is 6.16. The topological polar surface area (TPSA) is 76.5 Å². The molecule has 1 aliphatic rings. The van der Waals surface area contributed by atoms with Crippen LogP contribution in [0.15, 0.2) is 67.1 Å². The molecule has 3 aromatic rings. The molecule has 0 unspecified atom stereocenters. The van der Waals surface area contributed by atoms with Gasteiger partial charge < -0.3 is 5.32 Å². The van der Waals surface area contributed by atoms with Gasteiger partial charge in [0.25, 0.3) is 11.8 Å². The van der Waals surface area contributed by atoms with Gasteiger partial charge in [0, 0.05) is 12.1 Å². The maximum absolute atomic E-state index is 12.8. The molecule has 2 amide bonds. The van der Waals surface area contributed by atoms with E-state index in [4.69, 9.17) is 4.84 Å². The lowest BCUT2D eigenvalue weighted by Crippen LogP contribution is -2.52. The second kappa shape index (κ2) is 7.05.